The lowest BCUT2D eigenvalue weighted by Gasteiger charge is -2.45. The molecule has 0 amide bonds. The van der Waals surface area contributed by atoms with Crippen molar-refractivity contribution in [1.82, 2.24) is 4.90 Å². The largest absolute Gasteiger partial charge is 0.326 e. The molecular formula is C17H30N2S. The highest BCUT2D eigenvalue weighted by molar-refractivity contribution is 7.10. The molecular weight excluding hydrogens is 264 g/mol. The van der Waals surface area contributed by atoms with Gasteiger partial charge in [-0.05, 0) is 62.2 Å². The molecule has 3 heteroatoms. The van der Waals surface area contributed by atoms with Crippen molar-refractivity contribution < 1.29 is 0 Å². The predicted molar refractivity (Wildman–Crippen MR) is 89.3 cm³/mol. The van der Waals surface area contributed by atoms with E-state index in [1.165, 1.54) is 49.2 Å². The molecule has 2 N–H and O–H groups in total. The molecule has 2 nitrogen and oxygen atoms in total. The highest BCUT2D eigenvalue weighted by Crippen LogP contribution is 2.41. The molecule has 0 saturated carbocycles. The molecule has 1 aliphatic heterocycles. The molecule has 1 fully saturated rings. The molecule has 2 unspecified atom stereocenters. The van der Waals surface area contributed by atoms with Crippen LogP contribution < -0.4 is 5.73 Å². The van der Waals surface area contributed by atoms with Crippen molar-refractivity contribution in [3.8, 4) is 0 Å². The minimum Gasteiger partial charge on any atom is -0.326 e. The molecule has 2 atom stereocenters. The zero-order chi connectivity index (χ0) is 14.8. The first-order valence-corrected chi connectivity index (χ1v) is 8.94. The molecule has 2 rings (SSSR count). The lowest BCUT2D eigenvalue weighted by Crippen LogP contribution is -2.46. The first-order chi connectivity index (χ1) is 9.53. The molecule has 2 heterocycles. The topological polar surface area (TPSA) is 29.3 Å². The van der Waals surface area contributed by atoms with E-state index in [0.717, 1.165) is 0 Å². The maximum Gasteiger partial charge on any atom is 0.0593 e. The number of hydrogen-bond donors (Lipinski definition) is 1. The van der Waals surface area contributed by atoms with Crippen molar-refractivity contribution in [2.45, 2.75) is 65.5 Å². The van der Waals surface area contributed by atoms with Gasteiger partial charge in [-0.2, -0.15) is 0 Å². The Kier molecular flexibility index (Phi) is 5.27. The van der Waals surface area contributed by atoms with Crippen LogP contribution in [0, 0.1) is 12.3 Å². The van der Waals surface area contributed by atoms with Gasteiger partial charge in [-0.15, -0.1) is 11.3 Å². The van der Waals surface area contributed by atoms with Gasteiger partial charge in [0.25, 0.3) is 0 Å². The first-order valence-electron chi connectivity index (χ1n) is 8.06. The maximum atomic E-state index is 6.33. The Morgan fingerprint density at radius 2 is 1.90 bits per heavy atom. The number of nitrogens with two attached hydrogens (primary N) is 1. The Morgan fingerprint density at radius 3 is 2.30 bits per heavy atom. The second-order valence-electron chi connectivity index (χ2n) is 6.51. The van der Waals surface area contributed by atoms with Crippen LogP contribution in [0.1, 0.15) is 62.9 Å². The molecule has 1 aromatic heterocycles. The SMILES string of the molecule is CCC1(CC)CCN(C(c2sccc2C)C(C)N)CC1. The lowest BCUT2D eigenvalue weighted by molar-refractivity contribution is 0.0597. The van der Waals surface area contributed by atoms with Gasteiger partial charge in [0.05, 0.1) is 6.04 Å². The van der Waals surface area contributed by atoms with Crippen LogP contribution in [-0.2, 0) is 0 Å². The van der Waals surface area contributed by atoms with Crippen molar-refractivity contribution in [1.29, 1.82) is 0 Å². The normalized spacial score (nSPS) is 22.6. The summed E-state index contributed by atoms with van der Waals surface area (Å²) in [5, 5.41) is 2.20. The van der Waals surface area contributed by atoms with Gasteiger partial charge in [0, 0.05) is 10.9 Å². The molecule has 1 aliphatic rings. The van der Waals surface area contributed by atoms with E-state index in [9.17, 15) is 0 Å². The zero-order valence-electron chi connectivity index (χ0n) is 13.5. The molecule has 0 aromatic carbocycles. The number of nitrogens with zero attached hydrogens (tertiary/aromatic N) is 1. The van der Waals surface area contributed by atoms with Crippen molar-refractivity contribution in [2.75, 3.05) is 13.1 Å². The summed E-state index contributed by atoms with van der Waals surface area (Å²) in [5.41, 5.74) is 8.31. The fourth-order valence-electron chi connectivity index (χ4n) is 3.66. The van der Waals surface area contributed by atoms with E-state index in [0.29, 0.717) is 11.5 Å². The fourth-order valence-corrected chi connectivity index (χ4v) is 4.83. The van der Waals surface area contributed by atoms with E-state index in [1.807, 2.05) is 11.3 Å². The van der Waals surface area contributed by atoms with Crippen LogP contribution in [0.5, 0.6) is 0 Å². The highest BCUT2D eigenvalue weighted by Gasteiger charge is 2.35. The number of aryl methyl sites for hydroxylation is 1. The summed E-state index contributed by atoms with van der Waals surface area (Å²) < 4.78 is 0. The van der Waals surface area contributed by atoms with E-state index in [-0.39, 0.29) is 6.04 Å². The van der Waals surface area contributed by atoms with Gasteiger partial charge < -0.3 is 5.73 Å². The van der Waals surface area contributed by atoms with Gasteiger partial charge >= 0.3 is 0 Å². The quantitative estimate of drug-likeness (QED) is 0.875. The van der Waals surface area contributed by atoms with E-state index in [2.05, 4.69) is 44.0 Å². The Labute approximate surface area is 128 Å². The summed E-state index contributed by atoms with van der Waals surface area (Å²) >= 11 is 1.87. The average molecular weight is 295 g/mol. The molecule has 1 aromatic rings. The van der Waals surface area contributed by atoms with Crippen molar-refractivity contribution >= 4 is 11.3 Å². The van der Waals surface area contributed by atoms with E-state index >= 15 is 0 Å². The van der Waals surface area contributed by atoms with Crippen LogP contribution in [0.3, 0.4) is 0 Å². The second-order valence-corrected chi connectivity index (χ2v) is 7.46. The van der Waals surface area contributed by atoms with Gasteiger partial charge in [0.1, 0.15) is 0 Å². The number of likely N-dealkylation sites (tertiary alicyclic amines) is 1. The summed E-state index contributed by atoms with van der Waals surface area (Å²) in [6.45, 7) is 11.5. The molecule has 1 saturated heterocycles. The van der Waals surface area contributed by atoms with E-state index in [1.54, 1.807) is 0 Å². The first kappa shape index (κ1) is 16.0. The summed E-state index contributed by atoms with van der Waals surface area (Å²) in [6.07, 6.45) is 5.29. The summed E-state index contributed by atoms with van der Waals surface area (Å²) in [7, 11) is 0. The minimum atomic E-state index is 0.197. The Bertz CT molecular complexity index is 410. The van der Waals surface area contributed by atoms with Gasteiger partial charge in [-0.25, -0.2) is 0 Å². The standard InChI is InChI=1S/C17H30N2S/c1-5-17(6-2)8-10-19(11-9-17)15(14(4)18)16-13(3)7-12-20-16/h7,12,14-15H,5-6,8-11,18H2,1-4H3. The Morgan fingerprint density at radius 1 is 1.30 bits per heavy atom. The molecule has 0 aliphatic carbocycles. The third-order valence-corrected chi connectivity index (χ3v) is 6.51. The van der Waals surface area contributed by atoms with E-state index in [4.69, 9.17) is 5.73 Å². The zero-order valence-corrected chi connectivity index (χ0v) is 14.3. The van der Waals surface area contributed by atoms with Gasteiger partial charge in [-0.1, -0.05) is 26.7 Å². The molecule has 0 radical (unpaired) electrons. The third-order valence-electron chi connectivity index (χ3n) is 5.42. The van der Waals surface area contributed by atoms with Crippen LogP contribution in [0.25, 0.3) is 0 Å². The van der Waals surface area contributed by atoms with Crippen LogP contribution >= 0.6 is 11.3 Å². The van der Waals surface area contributed by atoms with Gasteiger partial charge in [0.15, 0.2) is 0 Å². The highest BCUT2D eigenvalue weighted by atomic mass is 32.1. The Balaban J connectivity index is 2.12. The molecule has 114 valence electrons. The molecule has 0 bridgehead atoms. The monoisotopic (exact) mass is 294 g/mol. The van der Waals surface area contributed by atoms with E-state index < -0.39 is 0 Å². The van der Waals surface area contributed by atoms with Crippen LogP contribution in [0.15, 0.2) is 11.4 Å². The van der Waals surface area contributed by atoms with Crippen LogP contribution in [-0.4, -0.2) is 24.0 Å². The lowest BCUT2D eigenvalue weighted by atomic mass is 9.74. The fraction of sp³-hybridized carbons (Fsp3) is 0.765. The number of rotatable bonds is 5. The van der Waals surface area contributed by atoms with Gasteiger partial charge in [0.2, 0.25) is 0 Å². The summed E-state index contributed by atoms with van der Waals surface area (Å²) in [4.78, 5) is 4.10. The second kappa shape index (κ2) is 6.59. The molecule has 20 heavy (non-hydrogen) atoms. The van der Waals surface area contributed by atoms with Crippen molar-refractivity contribution in [2.24, 2.45) is 11.1 Å². The van der Waals surface area contributed by atoms with Crippen LogP contribution in [0.4, 0.5) is 0 Å². The van der Waals surface area contributed by atoms with Crippen molar-refractivity contribution in [3.05, 3.63) is 21.9 Å². The Hall–Kier alpha value is -0.380. The number of piperidine rings is 1. The number of thiophene rings is 1. The maximum absolute atomic E-state index is 6.33. The smallest absolute Gasteiger partial charge is 0.0593 e. The summed E-state index contributed by atoms with van der Waals surface area (Å²) in [6, 6.07) is 2.83. The third kappa shape index (κ3) is 3.10. The number of hydrogen-bond acceptors (Lipinski definition) is 3. The van der Waals surface area contributed by atoms with Crippen LogP contribution in [0.2, 0.25) is 0 Å². The van der Waals surface area contributed by atoms with Gasteiger partial charge in [-0.3, -0.25) is 4.90 Å². The minimum absolute atomic E-state index is 0.197. The molecule has 0 spiro atoms. The summed E-state index contributed by atoms with van der Waals surface area (Å²) in [5.74, 6) is 0. The average Bonchev–Trinajstić information content (AvgIpc) is 2.86. The predicted octanol–water partition coefficient (Wildman–Crippen LogP) is 4.35. The van der Waals surface area contributed by atoms with Crippen molar-refractivity contribution in [3.63, 3.8) is 0 Å².